The van der Waals surface area contributed by atoms with Crippen molar-refractivity contribution in [2.75, 3.05) is 0 Å². The van der Waals surface area contributed by atoms with Crippen LogP contribution in [0.2, 0.25) is 0 Å². The summed E-state index contributed by atoms with van der Waals surface area (Å²) in [5.41, 5.74) is 1.32. The molecule has 1 aliphatic carbocycles. The van der Waals surface area contributed by atoms with Gasteiger partial charge in [-0.1, -0.05) is 17.8 Å². The summed E-state index contributed by atoms with van der Waals surface area (Å²) in [6, 6.07) is 10.0. The van der Waals surface area contributed by atoms with Crippen LogP contribution in [0.25, 0.3) is 5.65 Å². The molecule has 0 aromatic carbocycles. The number of pyridine rings is 1. The van der Waals surface area contributed by atoms with Crippen LogP contribution in [0.5, 0.6) is 0 Å². The lowest BCUT2D eigenvalue weighted by Gasteiger charge is -2.08. The van der Waals surface area contributed by atoms with Gasteiger partial charge in [-0.15, -0.1) is 21.5 Å². The van der Waals surface area contributed by atoms with Crippen molar-refractivity contribution in [2.24, 2.45) is 0 Å². The molecule has 0 N–H and O–H groups in total. The first-order valence-electron chi connectivity index (χ1n) is 8.94. The van der Waals surface area contributed by atoms with Crippen LogP contribution in [0.1, 0.15) is 35.3 Å². The van der Waals surface area contributed by atoms with E-state index in [1.165, 1.54) is 17.7 Å². The molecule has 4 heterocycles. The summed E-state index contributed by atoms with van der Waals surface area (Å²) < 4.78 is 4.67. The highest BCUT2D eigenvalue weighted by atomic mass is 79.9. The summed E-state index contributed by atoms with van der Waals surface area (Å²) in [4.78, 5) is 18.3. The van der Waals surface area contributed by atoms with E-state index in [-0.39, 0.29) is 5.56 Å². The third kappa shape index (κ3) is 3.66. The van der Waals surface area contributed by atoms with Crippen LogP contribution < -0.4 is 5.56 Å². The highest BCUT2D eigenvalue weighted by Crippen LogP contribution is 2.39. The van der Waals surface area contributed by atoms with Gasteiger partial charge in [0.25, 0.3) is 5.56 Å². The second kappa shape index (κ2) is 7.46. The van der Waals surface area contributed by atoms with Crippen molar-refractivity contribution < 1.29 is 0 Å². The topological polar surface area (TPSA) is 65.1 Å². The molecule has 4 aromatic heterocycles. The van der Waals surface area contributed by atoms with E-state index in [2.05, 4.69) is 53.2 Å². The van der Waals surface area contributed by atoms with E-state index in [0.717, 1.165) is 27.6 Å². The molecule has 0 amide bonds. The van der Waals surface area contributed by atoms with Gasteiger partial charge in [-0.05, 0) is 52.4 Å². The van der Waals surface area contributed by atoms with E-state index in [1.807, 2.05) is 12.1 Å². The normalized spacial score (nSPS) is 14.0. The average Bonchev–Trinajstić information content (AvgIpc) is 3.23. The summed E-state index contributed by atoms with van der Waals surface area (Å²) in [7, 11) is 0. The number of hydrogen-bond donors (Lipinski definition) is 0. The largest absolute Gasteiger partial charge is 0.303 e. The second-order valence-corrected chi connectivity index (χ2v) is 9.60. The molecule has 9 heteroatoms. The third-order valence-corrected chi connectivity index (χ3v) is 6.91. The Morgan fingerprint density at radius 3 is 2.93 bits per heavy atom. The second-order valence-electron chi connectivity index (χ2n) is 6.71. The minimum atomic E-state index is -0.0797. The summed E-state index contributed by atoms with van der Waals surface area (Å²) in [6.07, 6.45) is 4.90. The number of fused-ring (bicyclic) bond motifs is 1. The summed E-state index contributed by atoms with van der Waals surface area (Å²) in [5.74, 6) is 1.61. The monoisotopic (exact) mass is 473 g/mol. The Bertz CT molecular complexity index is 1200. The van der Waals surface area contributed by atoms with Crippen LogP contribution in [-0.2, 0) is 12.2 Å². The predicted molar refractivity (Wildman–Crippen MR) is 114 cm³/mol. The van der Waals surface area contributed by atoms with Crippen LogP contribution in [0, 0.1) is 0 Å². The zero-order valence-corrected chi connectivity index (χ0v) is 18.0. The number of nitrogens with zero attached hydrogens (tertiary/aromatic N) is 5. The number of halogens is 1. The Balaban J connectivity index is 1.39. The fourth-order valence-corrected chi connectivity index (χ4v) is 5.09. The lowest BCUT2D eigenvalue weighted by atomic mass is 10.3. The van der Waals surface area contributed by atoms with Crippen molar-refractivity contribution in [2.45, 2.75) is 36.2 Å². The van der Waals surface area contributed by atoms with Crippen molar-refractivity contribution in [3.8, 4) is 0 Å². The minimum absolute atomic E-state index is 0.0797. The third-order valence-electron chi connectivity index (χ3n) is 4.59. The first-order chi connectivity index (χ1) is 13.7. The smallest absolute Gasteiger partial charge is 0.258 e. The van der Waals surface area contributed by atoms with E-state index in [1.54, 1.807) is 39.8 Å². The molecule has 0 saturated heterocycles. The number of rotatable bonds is 6. The molecule has 1 saturated carbocycles. The highest BCUT2D eigenvalue weighted by Gasteiger charge is 2.29. The zero-order chi connectivity index (χ0) is 19.1. The van der Waals surface area contributed by atoms with Crippen molar-refractivity contribution in [3.63, 3.8) is 0 Å². The lowest BCUT2D eigenvalue weighted by molar-refractivity contribution is 0.635. The molecule has 0 aliphatic heterocycles. The maximum Gasteiger partial charge on any atom is 0.258 e. The van der Waals surface area contributed by atoms with Crippen molar-refractivity contribution >= 4 is 44.7 Å². The van der Waals surface area contributed by atoms with Crippen LogP contribution in [0.3, 0.4) is 0 Å². The molecular formula is C19H16BrN5OS2. The average molecular weight is 474 g/mol. The number of hydrogen-bond acceptors (Lipinski definition) is 6. The van der Waals surface area contributed by atoms with E-state index in [9.17, 15) is 4.79 Å². The van der Waals surface area contributed by atoms with E-state index in [4.69, 9.17) is 0 Å². The maximum absolute atomic E-state index is 12.4. The van der Waals surface area contributed by atoms with E-state index >= 15 is 0 Å². The van der Waals surface area contributed by atoms with Gasteiger partial charge in [0.1, 0.15) is 11.5 Å². The van der Waals surface area contributed by atoms with Gasteiger partial charge in [-0.3, -0.25) is 9.20 Å². The molecule has 5 rings (SSSR count). The van der Waals surface area contributed by atoms with Gasteiger partial charge in [0, 0.05) is 39.8 Å². The van der Waals surface area contributed by atoms with E-state index in [0.29, 0.717) is 17.4 Å². The standard InChI is InChI=1S/C19H16BrN5OS2/c20-12-3-6-16-21-13(8-18(26)24(16)10-12)11-28-19-23-22-17(25(19)14-4-5-14)9-15-2-1-7-27-15/h1-3,6-8,10,14H,4-5,9,11H2. The molecular weight excluding hydrogens is 458 g/mol. The van der Waals surface area contributed by atoms with Gasteiger partial charge in [-0.25, -0.2) is 4.98 Å². The number of thiophene rings is 1. The number of aromatic nitrogens is 5. The van der Waals surface area contributed by atoms with E-state index < -0.39 is 0 Å². The molecule has 0 atom stereocenters. The number of thioether (sulfide) groups is 1. The Morgan fingerprint density at radius 1 is 1.25 bits per heavy atom. The maximum atomic E-state index is 12.4. The molecule has 6 nitrogen and oxygen atoms in total. The van der Waals surface area contributed by atoms with Crippen molar-refractivity contribution in [1.29, 1.82) is 0 Å². The molecule has 4 aromatic rings. The Hall–Kier alpha value is -1.97. The Morgan fingerprint density at radius 2 is 2.14 bits per heavy atom. The van der Waals surface area contributed by atoms with Crippen molar-refractivity contribution in [1.82, 2.24) is 24.1 Å². The molecule has 142 valence electrons. The van der Waals surface area contributed by atoms with Crippen LogP contribution >= 0.6 is 39.0 Å². The summed E-state index contributed by atoms with van der Waals surface area (Å²) in [6.45, 7) is 0. The Labute approximate surface area is 177 Å². The summed E-state index contributed by atoms with van der Waals surface area (Å²) in [5, 5.41) is 11.9. The van der Waals surface area contributed by atoms with Gasteiger partial charge in [-0.2, -0.15) is 0 Å². The fraction of sp³-hybridized carbons (Fsp3) is 0.263. The Kier molecular flexibility index (Phi) is 4.82. The molecule has 1 fully saturated rings. The predicted octanol–water partition coefficient (Wildman–Crippen LogP) is 4.33. The molecule has 0 bridgehead atoms. The zero-order valence-electron chi connectivity index (χ0n) is 14.8. The van der Waals surface area contributed by atoms with Crippen LogP contribution in [-0.4, -0.2) is 24.1 Å². The molecule has 0 spiro atoms. The van der Waals surface area contributed by atoms with Gasteiger partial charge in [0.05, 0.1) is 5.69 Å². The SMILES string of the molecule is O=c1cc(CSc2nnc(Cc3cccs3)n2C2CC2)nc2ccc(Br)cn12. The molecule has 0 unspecified atom stereocenters. The summed E-state index contributed by atoms with van der Waals surface area (Å²) >= 11 is 6.73. The minimum Gasteiger partial charge on any atom is -0.303 e. The quantitative estimate of drug-likeness (QED) is 0.390. The lowest BCUT2D eigenvalue weighted by Crippen LogP contribution is -2.15. The fourth-order valence-electron chi connectivity index (χ4n) is 3.13. The first-order valence-corrected chi connectivity index (χ1v) is 11.6. The van der Waals surface area contributed by atoms with Crippen LogP contribution in [0.4, 0.5) is 0 Å². The highest BCUT2D eigenvalue weighted by molar-refractivity contribution is 9.10. The van der Waals surface area contributed by atoms with Gasteiger partial charge >= 0.3 is 0 Å². The van der Waals surface area contributed by atoms with Crippen LogP contribution in [0.15, 0.2) is 56.3 Å². The molecule has 28 heavy (non-hydrogen) atoms. The van der Waals surface area contributed by atoms with Crippen molar-refractivity contribution in [3.05, 3.63) is 73.1 Å². The molecule has 0 radical (unpaired) electrons. The van der Waals surface area contributed by atoms with Gasteiger partial charge < -0.3 is 4.57 Å². The molecule has 1 aliphatic rings. The first kappa shape index (κ1) is 18.1. The van der Waals surface area contributed by atoms with Gasteiger partial charge in [0.15, 0.2) is 5.16 Å². The van der Waals surface area contributed by atoms with Gasteiger partial charge in [0.2, 0.25) is 0 Å².